The van der Waals surface area contributed by atoms with E-state index in [0.29, 0.717) is 37.7 Å². The third-order valence-electron chi connectivity index (χ3n) is 4.24. The summed E-state index contributed by atoms with van der Waals surface area (Å²) in [6.07, 6.45) is 2.77. The molecule has 0 spiro atoms. The number of carbonyl (C=O) groups is 1. The molecule has 9 heteroatoms. The molecule has 0 radical (unpaired) electrons. The summed E-state index contributed by atoms with van der Waals surface area (Å²) in [4.78, 5) is 39.5. The molecule has 9 nitrogen and oxygen atoms in total. The zero-order chi connectivity index (χ0) is 17.9. The van der Waals surface area contributed by atoms with Gasteiger partial charge in [0.1, 0.15) is 0 Å². The molecular weight excluding hydrogens is 336 g/mol. The zero-order valence-corrected chi connectivity index (χ0v) is 13.9. The highest BCUT2D eigenvalue weighted by Gasteiger charge is 2.27. The standard InChI is InChI=1S/C17H18N6O3/c24-15(14-10-23(6-7-26-14)16-18-4-1-5-19-16)20-9-11-2-3-12-13(8-11)22-17(25)21-12/h1-5,8,14H,6-7,9-10H2,(H,20,24)(H2,21,22,25)/t14-/m0/s1. The topological polar surface area (TPSA) is 116 Å². The fraction of sp³-hybridized carbons (Fsp3) is 0.294. The number of H-pyrrole nitrogens is 2. The van der Waals surface area contributed by atoms with Crippen LogP contribution in [0.2, 0.25) is 0 Å². The molecule has 3 N–H and O–H groups in total. The van der Waals surface area contributed by atoms with Gasteiger partial charge in [-0.2, -0.15) is 0 Å². The van der Waals surface area contributed by atoms with Crippen LogP contribution in [0, 0.1) is 0 Å². The second-order valence-electron chi connectivity index (χ2n) is 6.03. The van der Waals surface area contributed by atoms with Crippen molar-refractivity contribution in [2.75, 3.05) is 24.6 Å². The molecule has 1 aliphatic heterocycles. The van der Waals surface area contributed by atoms with Crippen molar-refractivity contribution in [1.82, 2.24) is 25.3 Å². The number of carbonyl (C=O) groups excluding carboxylic acids is 1. The van der Waals surface area contributed by atoms with Crippen molar-refractivity contribution in [3.8, 4) is 0 Å². The Bertz CT molecular complexity index is 967. The quantitative estimate of drug-likeness (QED) is 0.615. The van der Waals surface area contributed by atoms with Crippen LogP contribution in [-0.4, -0.2) is 51.6 Å². The van der Waals surface area contributed by atoms with Gasteiger partial charge in [0, 0.05) is 25.5 Å². The van der Waals surface area contributed by atoms with Gasteiger partial charge < -0.3 is 24.9 Å². The number of hydrogen-bond acceptors (Lipinski definition) is 6. The summed E-state index contributed by atoms with van der Waals surface area (Å²) in [5, 5.41) is 2.88. The number of nitrogens with one attached hydrogen (secondary N) is 3. The van der Waals surface area contributed by atoms with Gasteiger partial charge in [-0.05, 0) is 23.8 Å². The Labute approximate surface area is 148 Å². The summed E-state index contributed by atoms with van der Waals surface area (Å²) in [6, 6.07) is 7.25. The number of imidazole rings is 1. The minimum Gasteiger partial charge on any atom is -0.365 e. The van der Waals surface area contributed by atoms with E-state index in [1.54, 1.807) is 24.5 Å². The smallest absolute Gasteiger partial charge is 0.323 e. The van der Waals surface area contributed by atoms with Gasteiger partial charge in [0.2, 0.25) is 5.95 Å². The van der Waals surface area contributed by atoms with Crippen LogP contribution in [0.15, 0.2) is 41.5 Å². The molecule has 0 unspecified atom stereocenters. The van der Waals surface area contributed by atoms with Gasteiger partial charge in [0.25, 0.3) is 5.91 Å². The minimum absolute atomic E-state index is 0.187. The lowest BCUT2D eigenvalue weighted by molar-refractivity contribution is -0.133. The molecule has 1 amide bonds. The SMILES string of the molecule is O=C(NCc1ccc2[nH]c(=O)[nH]c2c1)[C@@H]1CN(c2ncccn2)CCO1. The lowest BCUT2D eigenvalue weighted by Crippen LogP contribution is -2.50. The van der Waals surface area contributed by atoms with Gasteiger partial charge in [-0.25, -0.2) is 14.8 Å². The number of benzene rings is 1. The molecule has 1 aromatic carbocycles. The van der Waals surface area contributed by atoms with E-state index >= 15 is 0 Å². The average molecular weight is 354 g/mol. The van der Waals surface area contributed by atoms with Crippen LogP contribution in [0.4, 0.5) is 5.95 Å². The van der Waals surface area contributed by atoms with Crippen LogP contribution >= 0.6 is 0 Å². The molecule has 26 heavy (non-hydrogen) atoms. The largest absolute Gasteiger partial charge is 0.365 e. The maximum absolute atomic E-state index is 12.4. The zero-order valence-electron chi connectivity index (χ0n) is 13.9. The maximum atomic E-state index is 12.4. The first-order chi connectivity index (χ1) is 12.7. The molecule has 2 aromatic heterocycles. The van der Waals surface area contributed by atoms with Crippen molar-refractivity contribution in [2.24, 2.45) is 0 Å². The molecule has 0 bridgehead atoms. The summed E-state index contributed by atoms with van der Waals surface area (Å²) in [6.45, 7) is 1.84. The minimum atomic E-state index is -0.580. The third kappa shape index (κ3) is 3.42. The van der Waals surface area contributed by atoms with E-state index in [1.165, 1.54) is 0 Å². The van der Waals surface area contributed by atoms with E-state index in [2.05, 4.69) is 25.3 Å². The van der Waals surface area contributed by atoms with Crippen molar-refractivity contribution < 1.29 is 9.53 Å². The van der Waals surface area contributed by atoms with E-state index in [9.17, 15) is 9.59 Å². The molecule has 1 atom stereocenters. The molecule has 1 saturated heterocycles. The molecule has 1 aliphatic rings. The normalized spacial score (nSPS) is 17.4. The summed E-state index contributed by atoms with van der Waals surface area (Å²) < 4.78 is 5.59. The Morgan fingerprint density at radius 3 is 2.92 bits per heavy atom. The van der Waals surface area contributed by atoms with Crippen molar-refractivity contribution in [1.29, 1.82) is 0 Å². The van der Waals surface area contributed by atoms with E-state index in [0.717, 1.165) is 11.1 Å². The summed E-state index contributed by atoms with van der Waals surface area (Å²) in [7, 11) is 0. The van der Waals surface area contributed by atoms with Gasteiger partial charge in [0.15, 0.2) is 6.10 Å². The second kappa shape index (κ2) is 6.96. The first-order valence-corrected chi connectivity index (χ1v) is 8.31. The van der Waals surface area contributed by atoms with Gasteiger partial charge in [0.05, 0.1) is 24.2 Å². The maximum Gasteiger partial charge on any atom is 0.323 e. The van der Waals surface area contributed by atoms with Crippen LogP contribution in [0.25, 0.3) is 11.0 Å². The van der Waals surface area contributed by atoms with Gasteiger partial charge in [-0.1, -0.05) is 6.07 Å². The number of aromatic nitrogens is 4. The molecule has 3 aromatic rings. The highest BCUT2D eigenvalue weighted by Crippen LogP contribution is 2.13. The fourth-order valence-corrected chi connectivity index (χ4v) is 2.94. The van der Waals surface area contributed by atoms with Crippen LogP contribution in [-0.2, 0) is 16.1 Å². The van der Waals surface area contributed by atoms with E-state index < -0.39 is 6.10 Å². The Balaban J connectivity index is 1.38. The number of aromatic amines is 2. The van der Waals surface area contributed by atoms with Crippen molar-refractivity contribution >= 4 is 22.9 Å². The lowest BCUT2D eigenvalue weighted by atomic mass is 10.2. The molecule has 1 fully saturated rings. The van der Waals surface area contributed by atoms with Gasteiger partial charge in [-0.15, -0.1) is 0 Å². The first-order valence-electron chi connectivity index (χ1n) is 8.31. The number of ether oxygens (including phenoxy) is 1. The molecule has 134 valence electrons. The number of rotatable bonds is 4. The van der Waals surface area contributed by atoms with Crippen molar-refractivity contribution in [3.05, 3.63) is 52.7 Å². The van der Waals surface area contributed by atoms with Crippen LogP contribution in [0.3, 0.4) is 0 Å². The molecule has 3 heterocycles. The Kier molecular flexibility index (Phi) is 4.36. The molecular formula is C17H18N6O3. The fourth-order valence-electron chi connectivity index (χ4n) is 2.94. The number of morpholine rings is 1. The number of nitrogens with zero attached hydrogens (tertiary/aromatic N) is 3. The van der Waals surface area contributed by atoms with E-state index in [1.807, 2.05) is 17.0 Å². The van der Waals surface area contributed by atoms with Crippen LogP contribution in [0.1, 0.15) is 5.56 Å². The molecule has 4 rings (SSSR count). The predicted molar refractivity (Wildman–Crippen MR) is 94.8 cm³/mol. The van der Waals surface area contributed by atoms with Crippen molar-refractivity contribution in [2.45, 2.75) is 12.6 Å². The highest BCUT2D eigenvalue weighted by atomic mass is 16.5. The Hall–Kier alpha value is -3.20. The summed E-state index contributed by atoms with van der Waals surface area (Å²) in [5.74, 6) is 0.406. The molecule has 0 aliphatic carbocycles. The van der Waals surface area contributed by atoms with Crippen LogP contribution < -0.4 is 15.9 Å². The monoisotopic (exact) mass is 354 g/mol. The van der Waals surface area contributed by atoms with E-state index in [4.69, 9.17) is 4.74 Å². The summed E-state index contributed by atoms with van der Waals surface area (Å²) >= 11 is 0. The second-order valence-corrected chi connectivity index (χ2v) is 6.03. The van der Waals surface area contributed by atoms with Gasteiger partial charge >= 0.3 is 5.69 Å². The lowest BCUT2D eigenvalue weighted by Gasteiger charge is -2.32. The number of fused-ring (bicyclic) bond motifs is 1. The number of amides is 1. The average Bonchev–Trinajstić information content (AvgIpc) is 3.06. The van der Waals surface area contributed by atoms with Crippen LogP contribution in [0.5, 0.6) is 0 Å². The Morgan fingerprint density at radius 2 is 2.08 bits per heavy atom. The summed E-state index contributed by atoms with van der Waals surface area (Å²) in [5.41, 5.74) is 2.09. The predicted octanol–water partition coefficient (Wildman–Crippen LogP) is 0.168. The Morgan fingerprint density at radius 1 is 1.27 bits per heavy atom. The van der Waals surface area contributed by atoms with Crippen molar-refractivity contribution in [3.63, 3.8) is 0 Å². The van der Waals surface area contributed by atoms with Gasteiger partial charge in [-0.3, -0.25) is 4.79 Å². The third-order valence-corrected chi connectivity index (χ3v) is 4.24. The number of hydrogen-bond donors (Lipinski definition) is 3. The number of anilines is 1. The first kappa shape index (κ1) is 16.3. The molecule has 0 saturated carbocycles. The highest BCUT2D eigenvalue weighted by molar-refractivity contribution is 5.82. The van der Waals surface area contributed by atoms with E-state index in [-0.39, 0.29) is 11.6 Å².